The average molecular weight is 465 g/mol. The van der Waals surface area contributed by atoms with E-state index in [0.717, 1.165) is 28.3 Å². The molecule has 30 heavy (non-hydrogen) atoms. The van der Waals surface area contributed by atoms with Gasteiger partial charge >= 0.3 is 0 Å². The van der Waals surface area contributed by atoms with E-state index in [1.165, 1.54) is 10.5 Å². The van der Waals surface area contributed by atoms with Gasteiger partial charge in [0.25, 0.3) is 11.8 Å². The van der Waals surface area contributed by atoms with Crippen LogP contribution in [-0.4, -0.2) is 54.0 Å². The number of morpholine rings is 1. The van der Waals surface area contributed by atoms with Crippen LogP contribution < -0.4 is 0 Å². The first kappa shape index (κ1) is 19.4. The van der Waals surface area contributed by atoms with Crippen molar-refractivity contribution < 1.29 is 14.3 Å². The number of rotatable bonds is 4. The van der Waals surface area contributed by atoms with E-state index in [1.54, 1.807) is 12.1 Å². The maximum absolute atomic E-state index is 13.2. The number of hydrogen-bond acceptors (Lipinski definition) is 4. The molecule has 3 aromatic carbocycles. The topological polar surface area (TPSA) is 49.9 Å². The van der Waals surface area contributed by atoms with Gasteiger partial charge in [0.15, 0.2) is 0 Å². The monoisotopic (exact) mass is 464 g/mol. The van der Waals surface area contributed by atoms with E-state index < -0.39 is 0 Å². The number of benzene rings is 3. The van der Waals surface area contributed by atoms with Crippen LogP contribution in [0, 0.1) is 0 Å². The Morgan fingerprint density at radius 1 is 0.933 bits per heavy atom. The highest BCUT2D eigenvalue weighted by Gasteiger charge is 2.35. The molecule has 1 saturated heterocycles. The molecule has 2 aliphatic heterocycles. The highest BCUT2D eigenvalue weighted by atomic mass is 79.9. The molecule has 2 aliphatic rings. The van der Waals surface area contributed by atoms with E-state index in [4.69, 9.17) is 4.74 Å². The molecule has 6 heteroatoms. The van der Waals surface area contributed by atoms with Crippen molar-refractivity contribution in [2.24, 2.45) is 0 Å². The van der Waals surface area contributed by atoms with Crippen LogP contribution in [0.5, 0.6) is 0 Å². The van der Waals surface area contributed by atoms with Gasteiger partial charge < -0.3 is 4.74 Å². The van der Waals surface area contributed by atoms with Crippen LogP contribution in [-0.2, 0) is 11.3 Å². The van der Waals surface area contributed by atoms with Crippen molar-refractivity contribution >= 4 is 38.5 Å². The predicted octanol–water partition coefficient (Wildman–Crippen LogP) is 4.10. The second kappa shape index (κ2) is 7.95. The molecule has 0 aromatic heterocycles. The van der Waals surface area contributed by atoms with E-state index in [2.05, 4.69) is 33.0 Å². The van der Waals surface area contributed by atoms with Crippen LogP contribution in [0.25, 0.3) is 10.8 Å². The molecule has 1 fully saturated rings. The molecule has 0 radical (unpaired) electrons. The Morgan fingerprint density at radius 2 is 1.70 bits per heavy atom. The number of carbonyl (C=O) groups excluding carboxylic acids is 2. The van der Waals surface area contributed by atoms with Crippen molar-refractivity contribution in [3.63, 3.8) is 0 Å². The summed E-state index contributed by atoms with van der Waals surface area (Å²) >= 11 is 3.53. The van der Waals surface area contributed by atoms with Gasteiger partial charge in [-0.1, -0.05) is 58.4 Å². The Kier molecular flexibility index (Phi) is 5.15. The van der Waals surface area contributed by atoms with Crippen molar-refractivity contribution in [2.45, 2.75) is 12.6 Å². The standard InChI is InChI=1S/C24H21BrN2O3/c25-21-10-9-20-22-18(21)7-4-8-19(22)23(28)27(24(20)29)15-17-14-26(11-12-30-17)13-16-5-2-1-3-6-16/h1-10,17H,11-15H2. The van der Waals surface area contributed by atoms with Gasteiger partial charge in [0, 0.05) is 40.6 Å². The molecular formula is C24H21BrN2O3. The van der Waals surface area contributed by atoms with Crippen LogP contribution in [0.4, 0.5) is 0 Å². The fourth-order valence-corrected chi connectivity index (χ4v) is 4.82. The summed E-state index contributed by atoms with van der Waals surface area (Å²) in [6, 6.07) is 19.5. The molecule has 0 spiro atoms. The van der Waals surface area contributed by atoms with Gasteiger partial charge in [0.2, 0.25) is 0 Å². The van der Waals surface area contributed by atoms with Gasteiger partial charge in [-0.25, -0.2) is 0 Å². The molecule has 1 unspecified atom stereocenters. The van der Waals surface area contributed by atoms with Gasteiger partial charge in [-0.2, -0.15) is 0 Å². The predicted molar refractivity (Wildman–Crippen MR) is 118 cm³/mol. The van der Waals surface area contributed by atoms with E-state index in [-0.39, 0.29) is 24.5 Å². The number of carbonyl (C=O) groups is 2. The van der Waals surface area contributed by atoms with Gasteiger partial charge in [0.05, 0.1) is 19.3 Å². The van der Waals surface area contributed by atoms with Crippen LogP contribution in [0.3, 0.4) is 0 Å². The summed E-state index contributed by atoms with van der Waals surface area (Å²) in [6.45, 7) is 3.20. The lowest BCUT2D eigenvalue weighted by Crippen LogP contribution is -2.51. The average Bonchev–Trinajstić information content (AvgIpc) is 2.77. The van der Waals surface area contributed by atoms with Crippen LogP contribution in [0.15, 0.2) is 65.1 Å². The molecule has 0 N–H and O–H groups in total. The lowest BCUT2D eigenvalue weighted by atomic mass is 9.94. The minimum Gasteiger partial charge on any atom is -0.374 e. The normalized spacial score (nSPS) is 19.5. The summed E-state index contributed by atoms with van der Waals surface area (Å²) in [7, 11) is 0. The van der Waals surface area contributed by atoms with Gasteiger partial charge in [-0.05, 0) is 29.1 Å². The third kappa shape index (κ3) is 3.45. The van der Waals surface area contributed by atoms with Crippen LogP contribution in [0.1, 0.15) is 26.3 Å². The summed E-state index contributed by atoms with van der Waals surface area (Å²) in [4.78, 5) is 30.0. The van der Waals surface area contributed by atoms with Crippen LogP contribution >= 0.6 is 15.9 Å². The molecule has 0 saturated carbocycles. The zero-order valence-electron chi connectivity index (χ0n) is 16.4. The quantitative estimate of drug-likeness (QED) is 0.545. The number of amides is 2. The Morgan fingerprint density at radius 3 is 2.50 bits per heavy atom. The molecule has 2 heterocycles. The van der Waals surface area contributed by atoms with Crippen LogP contribution in [0.2, 0.25) is 0 Å². The first-order valence-corrected chi connectivity index (χ1v) is 10.9. The zero-order chi connectivity index (χ0) is 20.7. The second-order valence-corrected chi connectivity index (χ2v) is 8.61. The summed E-state index contributed by atoms with van der Waals surface area (Å²) < 4.78 is 6.81. The number of imide groups is 1. The first-order valence-electron chi connectivity index (χ1n) is 10.1. The van der Waals surface area contributed by atoms with Gasteiger partial charge in [0.1, 0.15) is 0 Å². The molecule has 2 amide bonds. The summed E-state index contributed by atoms with van der Waals surface area (Å²) in [5.41, 5.74) is 2.38. The zero-order valence-corrected chi connectivity index (χ0v) is 18.0. The molecule has 1 atom stereocenters. The lowest BCUT2D eigenvalue weighted by Gasteiger charge is -2.36. The Hall–Kier alpha value is -2.54. The van der Waals surface area contributed by atoms with E-state index in [9.17, 15) is 9.59 Å². The highest BCUT2D eigenvalue weighted by molar-refractivity contribution is 9.10. The molecule has 0 bridgehead atoms. The van der Waals surface area contributed by atoms with Crippen molar-refractivity contribution in [3.8, 4) is 0 Å². The Balaban J connectivity index is 1.37. The summed E-state index contributed by atoms with van der Waals surface area (Å²) in [6.07, 6.45) is -0.202. The Labute approximate surface area is 183 Å². The summed E-state index contributed by atoms with van der Waals surface area (Å²) in [5.74, 6) is -0.500. The molecule has 5 rings (SSSR count). The van der Waals surface area contributed by atoms with Gasteiger partial charge in [-0.15, -0.1) is 0 Å². The fourth-order valence-electron chi connectivity index (χ4n) is 4.36. The van der Waals surface area contributed by atoms with E-state index in [1.807, 2.05) is 36.4 Å². The van der Waals surface area contributed by atoms with Gasteiger partial charge in [-0.3, -0.25) is 19.4 Å². The fraction of sp³-hybridized carbons (Fsp3) is 0.250. The maximum atomic E-state index is 13.2. The van der Waals surface area contributed by atoms with Crippen molar-refractivity contribution in [2.75, 3.05) is 26.2 Å². The maximum Gasteiger partial charge on any atom is 0.261 e. The van der Waals surface area contributed by atoms with Crippen molar-refractivity contribution in [3.05, 3.63) is 81.8 Å². The minimum atomic E-state index is -0.250. The third-order valence-electron chi connectivity index (χ3n) is 5.80. The summed E-state index contributed by atoms with van der Waals surface area (Å²) in [5, 5.41) is 1.61. The largest absolute Gasteiger partial charge is 0.374 e. The molecule has 3 aromatic rings. The molecular weight excluding hydrogens is 444 g/mol. The van der Waals surface area contributed by atoms with Crippen molar-refractivity contribution in [1.82, 2.24) is 9.80 Å². The SMILES string of the molecule is O=C1c2cccc3c(Br)ccc(c23)C(=O)N1CC1CN(Cc2ccccc2)CCO1. The number of hydrogen-bond donors (Lipinski definition) is 0. The minimum absolute atomic E-state index is 0.202. The van der Waals surface area contributed by atoms with E-state index >= 15 is 0 Å². The van der Waals surface area contributed by atoms with Crippen molar-refractivity contribution in [1.29, 1.82) is 0 Å². The number of ether oxygens (including phenoxy) is 1. The number of nitrogens with zero attached hydrogens (tertiary/aromatic N) is 2. The lowest BCUT2D eigenvalue weighted by molar-refractivity contribution is -0.0406. The number of halogens is 1. The smallest absolute Gasteiger partial charge is 0.261 e. The van der Waals surface area contributed by atoms with E-state index in [0.29, 0.717) is 24.3 Å². The highest BCUT2D eigenvalue weighted by Crippen LogP contribution is 2.34. The molecule has 152 valence electrons. The molecule has 0 aliphatic carbocycles. The second-order valence-electron chi connectivity index (χ2n) is 7.76. The third-order valence-corrected chi connectivity index (χ3v) is 6.49. The first-order chi connectivity index (χ1) is 14.6. The Bertz CT molecular complexity index is 1110. The molecule has 5 nitrogen and oxygen atoms in total.